The van der Waals surface area contributed by atoms with Crippen molar-refractivity contribution in [1.29, 1.82) is 0 Å². The molecule has 1 N–H and O–H groups in total. The average molecular weight is 486 g/mol. The van der Waals surface area contributed by atoms with Crippen LogP contribution < -0.4 is 19.7 Å². The Labute approximate surface area is 200 Å². The number of carbonyl (C=O) groups excluding carboxylic acids is 1. The lowest BCUT2D eigenvalue weighted by Gasteiger charge is -2.27. The first kappa shape index (κ1) is 22.5. The SMILES string of the molecule is O=C(CSc1nnc(N2CCOCC2)n1-c1cccc(F)c1)Nc1ccc2c(c1)OCCCO2. The number of fused-ring (bicyclic) bond motifs is 1. The number of nitrogens with zero attached hydrogens (tertiary/aromatic N) is 4. The second-order valence-electron chi connectivity index (χ2n) is 7.75. The van der Waals surface area contributed by atoms with Gasteiger partial charge in [-0.1, -0.05) is 17.8 Å². The van der Waals surface area contributed by atoms with Crippen molar-refractivity contribution in [3.05, 3.63) is 48.3 Å². The Bertz CT molecular complexity index is 1170. The van der Waals surface area contributed by atoms with E-state index in [-0.39, 0.29) is 17.5 Å². The maximum absolute atomic E-state index is 14.0. The summed E-state index contributed by atoms with van der Waals surface area (Å²) in [5.41, 5.74) is 1.22. The summed E-state index contributed by atoms with van der Waals surface area (Å²) in [6.45, 7) is 3.65. The number of anilines is 2. The van der Waals surface area contributed by atoms with Gasteiger partial charge in [0.2, 0.25) is 11.9 Å². The van der Waals surface area contributed by atoms with E-state index >= 15 is 0 Å². The fourth-order valence-corrected chi connectivity index (χ4v) is 4.48. The molecule has 0 aliphatic carbocycles. The zero-order chi connectivity index (χ0) is 23.3. The number of amides is 1. The van der Waals surface area contributed by atoms with Crippen LogP contribution in [0.3, 0.4) is 0 Å². The van der Waals surface area contributed by atoms with Crippen LogP contribution in [-0.2, 0) is 9.53 Å². The molecule has 5 rings (SSSR count). The van der Waals surface area contributed by atoms with Crippen LogP contribution in [0.15, 0.2) is 47.6 Å². The Balaban J connectivity index is 1.31. The Morgan fingerprint density at radius 3 is 2.68 bits per heavy atom. The minimum atomic E-state index is -0.359. The van der Waals surface area contributed by atoms with Crippen molar-refractivity contribution in [1.82, 2.24) is 14.8 Å². The van der Waals surface area contributed by atoms with Crippen LogP contribution in [0.4, 0.5) is 16.0 Å². The van der Waals surface area contributed by atoms with Crippen molar-refractivity contribution in [3.63, 3.8) is 0 Å². The van der Waals surface area contributed by atoms with E-state index in [2.05, 4.69) is 15.5 Å². The summed E-state index contributed by atoms with van der Waals surface area (Å²) < 4.78 is 32.5. The molecule has 11 heteroatoms. The molecule has 178 valence electrons. The zero-order valence-electron chi connectivity index (χ0n) is 18.4. The first-order valence-electron chi connectivity index (χ1n) is 11.0. The Morgan fingerprint density at radius 2 is 1.85 bits per heavy atom. The molecule has 2 aliphatic rings. The standard InChI is InChI=1S/C23H24FN5O4S/c24-16-3-1-4-18(13-16)29-22(28-7-11-31-12-8-28)26-27-23(29)34-15-21(30)25-17-5-6-19-20(14-17)33-10-2-9-32-19/h1,3-6,13-14H,2,7-12,15H2,(H,25,30). The van der Waals surface area contributed by atoms with Gasteiger partial charge in [0.25, 0.3) is 0 Å². The van der Waals surface area contributed by atoms with E-state index in [0.29, 0.717) is 73.5 Å². The van der Waals surface area contributed by atoms with Gasteiger partial charge in [0, 0.05) is 31.3 Å². The number of hydrogen-bond donors (Lipinski definition) is 1. The molecule has 0 spiro atoms. The lowest BCUT2D eigenvalue weighted by molar-refractivity contribution is -0.113. The Morgan fingerprint density at radius 1 is 1.03 bits per heavy atom. The van der Waals surface area contributed by atoms with E-state index in [1.54, 1.807) is 34.9 Å². The number of carbonyl (C=O) groups is 1. The lowest BCUT2D eigenvalue weighted by atomic mass is 10.2. The van der Waals surface area contributed by atoms with Gasteiger partial charge in [0.1, 0.15) is 5.82 Å². The summed E-state index contributed by atoms with van der Waals surface area (Å²) in [7, 11) is 0. The van der Waals surface area contributed by atoms with Crippen LogP contribution in [-0.4, -0.2) is 65.9 Å². The van der Waals surface area contributed by atoms with Crippen LogP contribution in [0.2, 0.25) is 0 Å². The van der Waals surface area contributed by atoms with Crippen LogP contribution in [0.25, 0.3) is 5.69 Å². The molecule has 3 heterocycles. The molecule has 0 bridgehead atoms. The molecule has 1 amide bonds. The number of thioether (sulfide) groups is 1. The number of rotatable bonds is 6. The van der Waals surface area contributed by atoms with Crippen LogP contribution in [0.5, 0.6) is 11.5 Å². The average Bonchev–Trinajstić information content (AvgIpc) is 3.14. The maximum Gasteiger partial charge on any atom is 0.234 e. The number of aromatic nitrogens is 3. The second-order valence-corrected chi connectivity index (χ2v) is 8.69. The van der Waals surface area contributed by atoms with Gasteiger partial charge in [-0.05, 0) is 30.3 Å². The van der Waals surface area contributed by atoms with Gasteiger partial charge in [0.15, 0.2) is 16.7 Å². The molecule has 1 saturated heterocycles. The predicted molar refractivity (Wildman–Crippen MR) is 126 cm³/mol. The highest BCUT2D eigenvalue weighted by Gasteiger charge is 2.23. The summed E-state index contributed by atoms with van der Waals surface area (Å²) >= 11 is 1.23. The molecule has 3 aromatic rings. The van der Waals surface area contributed by atoms with Crippen LogP contribution >= 0.6 is 11.8 Å². The lowest BCUT2D eigenvalue weighted by Crippen LogP contribution is -2.37. The Kier molecular flexibility index (Phi) is 6.82. The highest BCUT2D eigenvalue weighted by Crippen LogP contribution is 2.32. The highest BCUT2D eigenvalue weighted by molar-refractivity contribution is 7.99. The summed E-state index contributed by atoms with van der Waals surface area (Å²) in [5, 5.41) is 12.0. The third kappa shape index (κ3) is 5.10. The molecule has 34 heavy (non-hydrogen) atoms. The van der Waals surface area contributed by atoms with Crippen molar-refractivity contribution in [2.75, 3.05) is 55.5 Å². The molecular formula is C23H24FN5O4S. The van der Waals surface area contributed by atoms with Gasteiger partial charge >= 0.3 is 0 Å². The van der Waals surface area contributed by atoms with Gasteiger partial charge in [-0.15, -0.1) is 10.2 Å². The van der Waals surface area contributed by atoms with Gasteiger partial charge in [-0.25, -0.2) is 4.39 Å². The molecule has 0 atom stereocenters. The van der Waals surface area contributed by atoms with E-state index in [1.165, 1.54) is 23.9 Å². The second kappa shape index (κ2) is 10.3. The van der Waals surface area contributed by atoms with Gasteiger partial charge in [-0.3, -0.25) is 9.36 Å². The summed E-state index contributed by atoms with van der Waals surface area (Å²) in [6.07, 6.45) is 0.811. The van der Waals surface area contributed by atoms with E-state index in [4.69, 9.17) is 14.2 Å². The quantitative estimate of drug-likeness (QED) is 0.533. The van der Waals surface area contributed by atoms with Gasteiger partial charge in [0.05, 0.1) is 37.9 Å². The molecule has 9 nitrogen and oxygen atoms in total. The fourth-order valence-electron chi connectivity index (χ4n) is 3.73. The minimum absolute atomic E-state index is 0.102. The number of nitrogens with one attached hydrogen (secondary N) is 1. The van der Waals surface area contributed by atoms with Crippen molar-refractivity contribution in [2.45, 2.75) is 11.6 Å². The molecule has 1 fully saturated rings. The zero-order valence-corrected chi connectivity index (χ0v) is 19.2. The number of ether oxygens (including phenoxy) is 3. The molecule has 1 aromatic heterocycles. The summed E-state index contributed by atoms with van der Waals surface area (Å²) in [5.74, 6) is 1.42. The predicted octanol–water partition coefficient (Wildman–Crippen LogP) is 3.14. The molecule has 0 saturated carbocycles. The first-order chi connectivity index (χ1) is 16.7. The third-order valence-electron chi connectivity index (χ3n) is 5.34. The fraction of sp³-hybridized carbons (Fsp3) is 0.348. The summed E-state index contributed by atoms with van der Waals surface area (Å²) in [4.78, 5) is 14.7. The maximum atomic E-state index is 14.0. The molecular weight excluding hydrogens is 461 g/mol. The van der Waals surface area contributed by atoms with E-state index in [9.17, 15) is 9.18 Å². The first-order valence-corrected chi connectivity index (χ1v) is 12.0. The number of benzene rings is 2. The Hall–Kier alpha value is -3.31. The summed E-state index contributed by atoms with van der Waals surface area (Å²) in [6, 6.07) is 11.6. The van der Waals surface area contributed by atoms with E-state index in [1.807, 2.05) is 4.90 Å². The highest BCUT2D eigenvalue weighted by atomic mass is 32.2. The smallest absolute Gasteiger partial charge is 0.234 e. The van der Waals surface area contributed by atoms with E-state index < -0.39 is 0 Å². The number of morpholine rings is 1. The van der Waals surface area contributed by atoms with Crippen LogP contribution in [0, 0.1) is 5.82 Å². The molecule has 0 unspecified atom stereocenters. The molecule has 2 aliphatic heterocycles. The van der Waals surface area contributed by atoms with Crippen molar-refractivity contribution in [2.24, 2.45) is 0 Å². The monoisotopic (exact) mass is 485 g/mol. The van der Waals surface area contributed by atoms with Crippen LogP contribution in [0.1, 0.15) is 6.42 Å². The van der Waals surface area contributed by atoms with Crippen molar-refractivity contribution < 1.29 is 23.4 Å². The largest absolute Gasteiger partial charge is 0.490 e. The topological polar surface area (TPSA) is 90.7 Å². The van der Waals surface area contributed by atoms with Gasteiger partial charge in [-0.2, -0.15) is 0 Å². The molecule has 2 aromatic carbocycles. The van der Waals surface area contributed by atoms with Crippen molar-refractivity contribution in [3.8, 4) is 17.2 Å². The minimum Gasteiger partial charge on any atom is -0.490 e. The normalized spacial score (nSPS) is 15.6. The number of halogens is 1. The third-order valence-corrected chi connectivity index (χ3v) is 6.27. The van der Waals surface area contributed by atoms with Crippen molar-refractivity contribution >= 4 is 29.3 Å². The van der Waals surface area contributed by atoms with E-state index in [0.717, 1.165) is 6.42 Å². The molecule has 0 radical (unpaired) electrons. The number of hydrogen-bond acceptors (Lipinski definition) is 8. The van der Waals surface area contributed by atoms with Gasteiger partial charge < -0.3 is 24.4 Å².